The maximum absolute atomic E-state index is 12.3. The van der Waals surface area contributed by atoms with Crippen LogP contribution in [0.4, 0.5) is 0 Å². The van der Waals surface area contributed by atoms with E-state index in [0.717, 1.165) is 31.5 Å². The lowest BCUT2D eigenvalue weighted by atomic mass is 9.98. The molecule has 0 saturated carbocycles. The third kappa shape index (κ3) is 2.84. The van der Waals surface area contributed by atoms with Gasteiger partial charge in [-0.05, 0) is 25.2 Å². The fourth-order valence-corrected chi connectivity index (χ4v) is 2.51. The SMILES string of the molecule is CCC(C)C(NC(=O)c1cnn2c1CCCC2)C(=O)O. The molecule has 0 aromatic carbocycles. The third-order valence-electron chi connectivity index (χ3n) is 3.99. The summed E-state index contributed by atoms with van der Waals surface area (Å²) in [6.07, 6.45) is 5.18. The molecule has 1 aromatic rings. The molecule has 1 aromatic heterocycles. The molecule has 0 saturated heterocycles. The summed E-state index contributed by atoms with van der Waals surface area (Å²) in [6, 6.07) is -0.855. The van der Waals surface area contributed by atoms with Gasteiger partial charge in [-0.3, -0.25) is 9.48 Å². The molecule has 2 unspecified atom stereocenters. The van der Waals surface area contributed by atoms with Crippen LogP contribution in [0.25, 0.3) is 0 Å². The summed E-state index contributed by atoms with van der Waals surface area (Å²) in [7, 11) is 0. The van der Waals surface area contributed by atoms with Gasteiger partial charge in [0.25, 0.3) is 5.91 Å². The molecule has 0 spiro atoms. The summed E-state index contributed by atoms with van der Waals surface area (Å²) in [5.41, 5.74) is 1.43. The lowest BCUT2D eigenvalue weighted by Gasteiger charge is -2.20. The van der Waals surface area contributed by atoms with Crippen molar-refractivity contribution in [2.45, 2.75) is 52.1 Å². The van der Waals surface area contributed by atoms with Crippen molar-refractivity contribution in [2.75, 3.05) is 0 Å². The molecule has 6 heteroatoms. The van der Waals surface area contributed by atoms with Crippen molar-refractivity contribution in [2.24, 2.45) is 5.92 Å². The molecule has 6 nitrogen and oxygen atoms in total. The number of carboxylic acids is 1. The molecule has 0 aliphatic carbocycles. The predicted molar refractivity (Wildman–Crippen MR) is 73.5 cm³/mol. The molecule has 1 aliphatic heterocycles. The number of hydrogen-bond acceptors (Lipinski definition) is 3. The summed E-state index contributed by atoms with van der Waals surface area (Å²) in [5.74, 6) is -1.43. The van der Waals surface area contributed by atoms with E-state index in [1.807, 2.05) is 18.5 Å². The highest BCUT2D eigenvalue weighted by Gasteiger charge is 2.28. The van der Waals surface area contributed by atoms with Gasteiger partial charge in [0.15, 0.2) is 0 Å². The normalized spacial score (nSPS) is 17.1. The number of carbonyl (C=O) groups is 2. The van der Waals surface area contributed by atoms with Crippen LogP contribution < -0.4 is 5.32 Å². The van der Waals surface area contributed by atoms with Crippen molar-refractivity contribution >= 4 is 11.9 Å². The van der Waals surface area contributed by atoms with Crippen LogP contribution in [-0.4, -0.2) is 32.8 Å². The zero-order valence-corrected chi connectivity index (χ0v) is 11.9. The first-order chi connectivity index (χ1) is 9.54. The number of aryl methyl sites for hydroxylation is 1. The van der Waals surface area contributed by atoms with Gasteiger partial charge in [0.2, 0.25) is 0 Å². The Hall–Kier alpha value is -1.85. The van der Waals surface area contributed by atoms with E-state index in [2.05, 4.69) is 10.4 Å². The molecule has 0 bridgehead atoms. The number of aliphatic carboxylic acids is 1. The van der Waals surface area contributed by atoms with Crippen molar-refractivity contribution in [1.29, 1.82) is 0 Å². The Morgan fingerprint density at radius 2 is 2.25 bits per heavy atom. The van der Waals surface area contributed by atoms with Gasteiger partial charge in [-0.2, -0.15) is 5.10 Å². The van der Waals surface area contributed by atoms with Gasteiger partial charge in [0.1, 0.15) is 6.04 Å². The minimum atomic E-state index is -0.992. The van der Waals surface area contributed by atoms with Gasteiger partial charge in [0.05, 0.1) is 17.5 Å². The van der Waals surface area contributed by atoms with Crippen molar-refractivity contribution in [1.82, 2.24) is 15.1 Å². The Morgan fingerprint density at radius 3 is 2.90 bits per heavy atom. The van der Waals surface area contributed by atoms with E-state index in [4.69, 9.17) is 0 Å². The van der Waals surface area contributed by atoms with E-state index in [1.54, 1.807) is 6.20 Å². The molecule has 2 rings (SSSR count). The Bertz CT molecular complexity index is 510. The maximum Gasteiger partial charge on any atom is 0.326 e. The standard InChI is InChI=1S/C14H21N3O3/c1-3-9(2)12(14(19)20)16-13(18)10-8-15-17-7-5-4-6-11(10)17/h8-9,12H,3-7H2,1-2H3,(H,16,18)(H,19,20). The molecule has 0 radical (unpaired) electrons. The van der Waals surface area contributed by atoms with E-state index in [0.29, 0.717) is 12.0 Å². The summed E-state index contributed by atoms with van der Waals surface area (Å²) < 4.78 is 1.84. The first-order valence-electron chi connectivity index (χ1n) is 7.13. The number of carbonyl (C=O) groups excluding carboxylic acids is 1. The average Bonchev–Trinajstić information content (AvgIpc) is 2.87. The summed E-state index contributed by atoms with van der Waals surface area (Å²) in [6.45, 7) is 4.57. The van der Waals surface area contributed by atoms with E-state index in [1.165, 1.54) is 0 Å². The maximum atomic E-state index is 12.3. The first-order valence-corrected chi connectivity index (χ1v) is 7.13. The highest BCUT2D eigenvalue weighted by atomic mass is 16.4. The van der Waals surface area contributed by atoms with Gasteiger partial charge in [-0.25, -0.2) is 4.79 Å². The highest BCUT2D eigenvalue weighted by molar-refractivity contribution is 5.97. The summed E-state index contributed by atoms with van der Waals surface area (Å²) in [5, 5.41) is 16.1. The lowest BCUT2D eigenvalue weighted by molar-refractivity contribution is -0.140. The largest absolute Gasteiger partial charge is 0.480 e. The molecular weight excluding hydrogens is 258 g/mol. The average molecular weight is 279 g/mol. The smallest absolute Gasteiger partial charge is 0.326 e. The number of carboxylic acid groups (broad SMARTS) is 1. The molecular formula is C14H21N3O3. The summed E-state index contributed by atoms with van der Waals surface area (Å²) in [4.78, 5) is 23.5. The second kappa shape index (κ2) is 6.07. The van der Waals surface area contributed by atoms with E-state index in [9.17, 15) is 14.7 Å². The molecule has 110 valence electrons. The number of nitrogens with zero attached hydrogens (tertiary/aromatic N) is 2. The van der Waals surface area contributed by atoms with Crippen molar-refractivity contribution in [3.8, 4) is 0 Å². The van der Waals surface area contributed by atoms with Crippen LogP contribution in [0.15, 0.2) is 6.20 Å². The molecule has 20 heavy (non-hydrogen) atoms. The first kappa shape index (κ1) is 14.6. The number of hydrogen-bond donors (Lipinski definition) is 2. The zero-order chi connectivity index (χ0) is 14.7. The Balaban J connectivity index is 2.15. The predicted octanol–water partition coefficient (Wildman–Crippen LogP) is 1.45. The van der Waals surface area contributed by atoms with Crippen molar-refractivity contribution in [3.05, 3.63) is 17.5 Å². The van der Waals surface area contributed by atoms with Crippen LogP contribution in [0.1, 0.15) is 49.2 Å². The van der Waals surface area contributed by atoms with Crippen molar-refractivity contribution < 1.29 is 14.7 Å². The Labute approximate surface area is 118 Å². The van der Waals surface area contributed by atoms with Gasteiger partial charge < -0.3 is 10.4 Å². The molecule has 2 heterocycles. The second-order valence-corrected chi connectivity index (χ2v) is 5.36. The monoisotopic (exact) mass is 279 g/mol. The fraction of sp³-hybridized carbons (Fsp3) is 0.643. The van der Waals surface area contributed by atoms with Crippen LogP contribution >= 0.6 is 0 Å². The number of rotatable bonds is 5. The van der Waals surface area contributed by atoms with Crippen LogP contribution in [0.5, 0.6) is 0 Å². The molecule has 0 fully saturated rings. The quantitative estimate of drug-likeness (QED) is 0.854. The number of nitrogens with one attached hydrogen (secondary N) is 1. The lowest BCUT2D eigenvalue weighted by Crippen LogP contribution is -2.45. The molecule has 2 atom stereocenters. The van der Waals surface area contributed by atoms with Gasteiger partial charge in [-0.1, -0.05) is 20.3 Å². The number of amides is 1. The molecule has 1 amide bonds. The van der Waals surface area contributed by atoms with Gasteiger partial charge in [0, 0.05) is 6.54 Å². The Kier molecular flexibility index (Phi) is 4.42. The summed E-state index contributed by atoms with van der Waals surface area (Å²) >= 11 is 0. The topological polar surface area (TPSA) is 84.2 Å². The third-order valence-corrected chi connectivity index (χ3v) is 3.99. The van der Waals surface area contributed by atoms with E-state index < -0.39 is 12.0 Å². The van der Waals surface area contributed by atoms with E-state index in [-0.39, 0.29) is 11.8 Å². The fourth-order valence-electron chi connectivity index (χ4n) is 2.51. The zero-order valence-electron chi connectivity index (χ0n) is 11.9. The van der Waals surface area contributed by atoms with Crippen molar-refractivity contribution in [3.63, 3.8) is 0 Å². The van der Waals surface area contributed by atoms with Gasteiger partial charge in [-0.15, -0.1) is 0 Å². The van der Waals surface area contributed by atoms with Gasteiger partial charge >= 0.3 is 5.97 Å². The highest BCUT2D eigenvalue weighted by Crippen LogP contribution is 2.18. The van der Waals surface area contributed by atoms with Crippen LogP contribution in [-0.2, 0) is 17.8 Å². The van der Waals surface area contributed by atoms with E-state index >= 15 is 0 Å². The molecule has 1 aliphatic rings. The number of aromatic nitrogens is 2. The van der Waals surface area contributed by atoms with Crippen LogP contribution in [0.3, 0.4) is 0 Å². The number of fused-ring (bicyclic) bond motifs is 1. The Morgan fingerprint density at radius 1 is 1.50 bits per heavy atom. The second-order valence-electron chi connectivity index (χ2n) is 5.36. The van der Waals surface area contributed by atoms with Crippen LogP contribution in [0.2, 0.25) is 0 Å². The van der Waals surface area contributed by atoms with Crippen LogP contribution in [0, 0.1) is 5.92 Å². The molecule has 2 N–H and O–H groups in total. The minimum Gasteiger partial charge on any atom is -0.480 e. The minimum absolute atomic E-state index is 0.108.